The van der Waals surface area contributed by atoms with E-state index in [-0.39, 0.29) is 22.5 Å². The van der Waals surface area contributed by atoms with Crippen molar-refractivity contribution in [3.05, 3.63) is 49.9 Å². The smallest absolute Gasteiger partial charge is 0.332 e. The second-order valence-corrected chi connectivity index (χ2v) is 4.87. The number of hydrogen-bond acceptors (Lipinski definition) is 5. The van der Waals surface area contributed by atoms with Gasteiger partial charge < -0.3 is 5.32 Å². The number of nitro groups is 1. The number of aryl methyl sites for hydroxylation is 2. The van der Waals surface area contributed by atoms with Gasteiger partial charge in [0.05, 0.1) is 4.92 Å². The molecule has 1 heterocycles. The molecule has 0 aliphatic heterocycles. The zero-order valence-electron chi connectivity index (χ0n) is 10.6. The monoisotopic (exact) mass is 312 g/mol. The molecule has 0 bridgehead atoms. The summed E-state index contributed by atoms with van der Waals surface area (Å²) in [5.74, 6) is 0.0346. The molecular weight excluding hydrogens is 303 g/mol. The van der Waals surface area contributed by atoms with Crippen LogP contribution in [-0.4, -0.2) is 14.9 Å². The summed E-state index contributed by atoms with van der Waals surface area (Å²) in [7, 11) is 0. The maximum Gasteiger partial charge on any atom is 0.332 e. The molecule has 0 saturated carbocycles. The van der Waals surface area contributed by atoms with E-state index in [1.807, 2.05) is 6.92 Å². The lowest BCUT2D eigenvalue weighted by Gasteiger charge is -2.09. The van der Waals surface area contributed by atoms with E-state index in [1.165, 1.54) is 6.92 Å². The van der Waals surface area contributed by atoms with Gasteiger partial charge in [-0.1, -0.05) is 17.7 Å². The molecule has 8 heteroatoms. The van der Waals surface area contributed by atoms with Gasteiger partial charge in [-0.15, -0.1) is 0 Å². The van der Waals surface area contributed by atoms with Crippen LogP contribution in [0.5, 0.6) is 0 Å². The van der Waals surface area contributed by atoms with Crippen molar-refractivity contribution < 1.29 is 4.92 Å². The standard InChI is InChI=1S/C12H10Cl2N4O2/c1-6-3-4-8(5-9(6)13)16-11-10(18(19)20)7(2)15-12(14)17-11/h3-5H,1-2H3,(H,15,16,17). The third-order valence-corrected chi connectivity index (χ3v) is 3.22. The fraction of sp³-hybridized carbons (Fsp3) is 0.167. The van der Waals surface area contributed by atoms with Crippen molar-refractivity contribution >= 4 is 40.4 Å². The third kappa shape index (κ3) is 2.97. The van der Waals surface area contributed by atoms with Crippen molar-refractivity contribution in [2.45, 2.75) is 13.8 Å². The first-order chi connectivity index (χ1) is 9.38. The molecule has 0 spiro atoms. The normalized spacial score (nSPS) is 10.4. The maximum atomic E-state index is 11.1. The molecule has 0 radical (unpaired) electrons. The molecule has 0 unspecified atom stereocenters. The van der Waals surface area contributed by atoms with E-state index in [2.05, 4.69) is 15.3 Å². The molecule has 2 aromatic rings. The fourth-order valence-corrected chi connectivity index (χ4v) is 2.04. The predicted molar refractivity (Wildman–Crippen MR) is 77.9 cm³/mol. The Morgan fingerprint density at radius 1 is 1.25 bits per heavy atom. The molecule has 0 aliphatic rings. The molecule has 0 aliphatic carbocycles. The molecule has 1 aromatic heterocycles. The zero-order chi connectivity index (χ0) is 14.9. The van der Waals surface area contributed by atoms with Crippen molar-refractivity contribution in [2.75, 3.05) is 5.32 Å². The molecule has 0 fully saturated rings. The van der Waals surface area contributed by atoms with E-state index in [4.69, 9.17) is 23.2 Å². The summed E-state index contributed by atoms with van der Waals surface area (Å²) in [6.45, 7) is 3.36. The number of hydrogen-bond donors (Lipinski definition) is 1. The van der Waals surface area contributed by atoms with Crippen molar-refractivity contribution in [3.63, 3.8) is 0 Å². The Labute approximate surface area is 124 Å². The average Bonchev–Trinajstić information content (AvgIpc) is 2.32. The molecule has 20 heavy (non-hydrogen) atoms. The van der Waals surface area contributed by atoms with Crippen LogP contribution < -0.4 is 5.32 Å². The first kappa shape index (κ1) is 14.5. The number of aromatic nitrogens is 2. The Morgan fingerprint density at radius 2 is 1.95 bits per heavy atom. The van der Waals surface area contributed by atoms with Gasteiger partial charge in [0, 0.05) is 10.7 Å². The van der Waals surface area contributed by atoms with Crippen molar-refractivity contribution in [3.8, 4) is 0 Å². The number of anilines is 2. The molecule has 0 saturated heterocycles. The van der Waals surface area contributed by atoms with E-state index in [0.717, 1.165) is 5.56 Å². The molecule has 1 aromatic carbocycles. The first-order valence-electron chi connectivity index (χ1n) is 5.60. The van der Waals surface area contributed by atoms with E-state index in [0.29, 0.717) is 10.7 Å². The van der Waals surface area contributed by atoms with Crippen LogP contribution in [-0.2, 0) is 0 Å². The number of halogens is 2. The molecule has 6 nitrogen and oxygen atoms in total. The SMILES string of the molecule is Cc1ccc(Nc2nc(Cl)nc(C)c2[N+](=O)[O-])cc1Cl. The van der Waals surface area contributed by atoms with Crippen LogP contribution in [0, 0.1) is 24.0 Å². The van der Waals surface area contributed by atoms with Gasteiger partial charge in [0.2, 0.25) is 11.1 Å². The highest BCUT2D eigenvalue weighted by Crippen LogP contribution is 2.30. The van der Waals surface area contributed by atoms with Crippen LogP contribution in [0.4, 0.5) is 17.2 Å². The summed E-state index contributed by atoms with van der Waals surface area (Å²) in [5.41, 5.74) is 1.46. The summed E-state index contributed by atoms with van der Waals surface area (Å²) in [6.07, 6.45) is 0. The zero-order valence-corrected chi connectivity index (χ0v) is 12.2. The quantitative estimate of drug-likeness (QED) is 0.525. The summed E-state index contributed by atoms with van der Waals surface area (Å²) < 4.78 is 0. The first-order valence-corrected chi connectivity index (χ1v) is 6.36. The lowest BCUT2D eigenvalue weighted by Crippen LogP contribution is -2.04. The third-order valence-electron chi connectivity index (χ3n) is 2.65. The summed E-state index contributed by atoms with van der Waals surface area (Å²) >= 11 is 11.8. The number of benzene rings is 1. The van der Waals surface area contributed by atoms with E-state index >= 15 is 0 Å². The van der Waals surface area contributed by atoms with Crippen molar-refractivity contribution in [1.29, 1.82) is 0 Å². The van der Waals surface area contributed by atoms with Crippen molar-refractivity contribution in [2.24, 2.45) is 0 Å². The summed E-state index contributed by atoms with van der Waals surface area (Å²) in [6, 6.07) is 5.20. The van der Waals surface area contributed by atoms with Gasteiger partial charge in [0.1, 0.15) is 5.69 Å². The minimum Gasteiger partial charge on any atom is -0.334 e. The van der Waals surface area contributed by atoms with Gasteiger partial charge in [-0.05, 0) is 43.1 Å². The van der Waals surface area contributed by atoms with Crippen LogP contribution in [0.2, 0.25) is 10.3 Å². The Balaban J connectivity index is 2.47. The molecule has 0 amide bonds. The van der Waals surface area contributed by atoms with E-state index < -0.39 is 4.92 Å². The summed E-state index contributed by atoms with van der Waals surface area (Å²) in [5, 5.41) is 14.4. The van der Waals surface area contributed by atoms with E-state index in [1.54, 1.807) is 18.2 Å². The number of rotatable bonds is 3. The largest absolute Gasteiger partial charge is 0.334 e. The van der Waals surface area contributed by atoms with E-state index in [9.17, 15) is 10.1 Å². The molecular formula is C12H10Cl2N4O2. The lowest BCUT2D eigenvalue weighted by atomic mass is 10.2. The second-order valence-electron chi connectivity index (χ2n) is 4.12. The molecule has 1 N–H and O–H groups in total. The van der Waals surface area contributed by atoms with Gasteiger partial charge >= 0.3 is 5.69 Å². The van der Waals surface area contributed by atoms with Crippen LogP contribution >= 0.6 is 23.2 Å². The fourth-order valence-electron chi connectivity index (χ4n) is 1.65. The van der Waals surface area contributed by atoms with Crippen molar-refractivity contribution in [1.82, 2.24) is 9.97 Å². The highest BCUT2D eigenvalue weighted by atomic mass is 35.5. The van der Waals surface area contributed by atoms with Crippen LogP contribution in [0.15, 0.2) is 18.2 Å². The Kier molecular flexibility index (Phi) is 4.06. The van der Waals surface area contributed by atoms with Crippen LogP contribution in [0.3, 0.4) is 0 Å². The van der Waals surface area contributed by atoms with Gasteiger partial charge in [-0.25, -0.2) is 4.98 Å². The Hall–Kier alpha value is -1.92. The Morgan fingerprint density at radius 3 is 2.55 bits per heavy atom. The van der Waals surface area contributed by atoms with Gasteiger partial charge in [-0.3, -0.25) is 10.1 Å². The molecule has 104 valence electrons. The number of nitrogens with zero attached hydrogens (tertiary/aromatic N) is 3. The lowest BCUT2D eigenvalue weighted by molar-refractivity contribution is -0.385. The minimum absolute atomic E-state index is 0.0346. The highest BCUT2D eigenvalue weighted by molar-refractivity contribution is 6.31. The van der Waals surface area contributed by atoms with Gasteiger partial charge in [0.25, 0.3) is 0 Å². The number of nitrogens with one attached hydrogen (secondary N) is 1. The Bertz CT molecular complexity index is 691. The summed E-state index contributed by atoms with van der Waals surface area (Å²) in [4.78, 5) is 18.2. The molecule has 2 rings (SSSR count). The molecule has 0 atom stereocenters. The highest BCUT2D eigenvalue weighted by Gasteiger charge is 2.21. The second kappa shape index (κ2) is 5.60. The maximum absolute atomic E-state index is 11.1. The van der Waals surface area contributed by atoms with Crippen LogP contribution in [0.1, 0.15) is 11.3 Å². The van der Waals surface area contributed by atoms with Crippen LogP contribution in [0.25, 0.3) is 0 Å². The minimum atomic E-state index is -0.552. The van der Waals surface area contributed by atoms with Gasteiger partial charge in [-0.2, -0.15) is 4.98 Å². The topological polar surface area (TPSA) is 81.0 Å². The predicted octanol–water partition coefficient (Wildman–Crippen LogP) is 4.05. The van der Waals surface area contributed by atoms with Gasteiger partial charge in [0.15, 0.2) is 0 Å². The average molecular weight is 313 g/mol.